The van der Waals surface area contributed by atoms with Crippen LogP contribution in [0.4, 0.5) is 0 Å². The van der Waals surface area contributed by atoms with E-state index in [9.17, 15) is 0 Å². The first-order chi connectivity index (χ1) is 8.49. The van der Waals surface area contributed by atoms with Crippen LogP contribution in [0.3, 0.4) is 0 Å². The number of benzene rings is 1. The molecule has 98 valence electrons. The van der Waals surface area contributed by atoms with Gasteiger partial charge in [0.1, 0.15) is 0 Å². The van der Waals surface area contributed by atoms with E-state index in [1.54, 1.807) is 0 Å². The fraction of sp³-hybridized carbons (Fsp3) is 0.429. The molecule has 3 nitrogen and oxygen atoms in total. The molecule has 0 aliphatic carbocycles. The van der Waals surface area contributed by atoms with Gasteiger partial charge in [-0.05, 0) is 0 Å². The van der Waals surface area contributed by atoms with Gasteiger partial charge in [0.2, 0.25) is 0 Å². The summed E-state index contributed by atoms with van der Waals surface area (Å²) >= 11 is 0. The van der Waals surface area contributed by atoms with Crippen LogP contribution in [-0.2, 0) is 13.6 Å². The third kappa shape index (κ3) is 1.25. The fourth-order valence-electron chi connectivity index (χ4n) is 3.06. The van der Waals surface area contributed by atoms with Gasteiger partial charge in [0, 0.05) is 0 Å². The van der Waals surface area contributed by atoms with Crippen molar-refractivity contribution in [3.8, 4) is 0 Å². The van der Waals surface area contributed by atoms with Gasteiger partial charge in [0.15, 0.2) is 0 Å². The normalized spacial score (nSPS) is 29.3. The SMILES string of the molecule is CC1=CC(C)(C)P2(c3ccccc3)(OCCO2)O1. The van der Waals surface area contributed by atoms with Crippen LogP contribution in [0.25, 0.3) is 0 Å². The summed E-state index contributed by atoms with van der Waals surface area (Å²) in [6, 6.07) is 10.1. The Labute approximate surface area is 108 Å². The number of hydrogen-bond donors (Lipinski definition) is 0. The molecule has 2 aliphatic heterocycles. The van der Waals surface area contributed by atoms with E-state index in [0.717, 1.165) is 11.1 Å². The van der Waals surface area contributed by atoms with Gasteiger partial charge in [-0.15, -0.1) is 0 Å². The van der Waals surface area contributed by atoms with Crippen LogP contribution < -0.4 is 5.30 Å². The van der Waals surface area contributed by atoms with E-state index in [1.807, 2.05) is 25.1 Å². The van der Waals surface area contributed by atoms with Gasteiger partial charge in [-0.25, -0.2) is 0 Å². The van der Waals surface area contributed by atoms with Crippen LogP contribution >= 0.6 is 7.28 Å². The molecule has 0 radical (unpaired) electrons. The summed E-state index contributed by atoms with van der Waals surface area (Å²) in [6.45, 7) is 7.44. The van der Waals surface area contributed by atoms with E-state index >= 15 is 0 Å². The van der Waals surface area contributed by atoms with Crippen LogP contribution in [0.2, 0.25) is 0 Å². The predicted octanol–water partition coefficient (Wildman–Crippen LogP) is 3.37. The summed E-state index contributed by atoms with van der Waals surface area (Å²) in [5.74, 6) is 0.892. The zero-order valence-electron chi connectivity index (χ0n) is 11.1. The van der Waals surface area contributed by atoms with Crippen molar-refractivity contribution in [3.05, 3.63) is 42.2 Å². The van der Waals surface area contributed by atoms with Crippen LogP contribution in [0.15, 0.2) is 42.2 Å². The average Bonchev–Trinajstić information content (AvgIpc) is 2.84. The van der Waals surface area contributed by atoms with Crippen LogP contribution in [0, 0.1) is 0 Å². The summed E-state index contributed by atoms with van der Waals surface area (Å²) in [6.07, 6.45) is 2.13. The molecule has 0 unspecified atom stereocenters. The fourth-order valence-corrected chi connectivity index (χ4v) is 7.69. The Balaban J connectivity index is 2.26. The molecular weight excluding hydrogens is 247 g/mol. The van der Waals surface area contributed by atoms with Gasteiger partial charge in [-0.1, -0.05) is 0 Å². The summed E-state index contributed by atoms with van der Waals surface area (Å²) in [4.78, 5) is 0. The predicted molar refractivity (Wildman–Crippen MR) is 73.8 cm³/mol. The van der Waals surface area contributed by atoms with Crippen molar-refractivity contribution in [2.75, 3.05) is 13.2 Å². The second-order valence-electron chi connectivity index (χ2n) is 5.39. The van der Waals surface area contributed by atoms with Crippen molar-refractivity contribution < 1.29 is 13.6 Å². The van der Waals surface area contributed by atoms with Crippen molar-refractivity contribution in [2.24, 2.45) is 0 Å². The molecule has 0 bridgehead atoms. The standard InChI is InChI=1S/C14H19O3P/c1-12-11-14(2,3)18(17-12,15-9-10-16-18)13-7-5-4-6-8-13/h4-8,11H,9-10H2,1-3H3. The van der Waals surface area contributed by atoms with Gasteiger partial charge < -0.3 is 0 Å². The first-order valence-electron chi connectivity index (χ1n) is 6.26. The quantitative estimate of drug-likeness (QED) is 0.729. The molecule has 1 aromatic carbocycles. The zero-order valence-corrected chi connectivity index (χ0v) is 11.9. The molecule has 1 saturated heterocycles. The molecule has 0 N–H and O–H groups in total. The van der Waals surface area contributed by atoms with Crippen molar-refractivity contribution in [3.63, 3.8) is 0 Å². The van der Waals surface area contributed by atoms with Crippen molar-refractivity contribution in [2.45, 2.75) is 25.9 Å². The van der Waals surface area contributed by atoms with E-state index in [2.05, 4.69) is 32.1 Å². The molecule has 2 aliphatic rings. The van der Waals surface area contributed by atoms with E-state index in [4.69, 9.17) is 13.6 Å². The first-order valence-corrected chi connectivity index (χ1v) is 8.25. The monoisotopic (exact) mass is 266 g/mol. The second kappa shape index (κ2) is 3.57. The Morgan fingerprint density at radius 3 is 2.17 bits per heavy atom. The van der Waals surface area contributed by atoms with E-state index in [-0.39, 0.29) is 5.16 Å². The van der Waals surface area contributed by atoms with Crippen molar-refractivity contribution in [1.82, 2.24) is 0 Å². The Morgan fingerprint density at radius 2 is 1.67 bits per heavy atom. The van der Waals surface area contributed by atoms with Crippen LogP contribution in [0.5, 0.6) is 0 Å². The molecule has 0 saturated carbocycles. The summed E-state index contributed by atoms with van der Waals surface area (Å²) in [5, 5.41) is 0.784. The minimum absolute atomic E-state index is 0.256. The summed E-state index contributed by atoms with van der Waals surface area (Å²) < 4.78 is 18.6. The summed E-state index contributed by atoms with van der Waals surface area (Å²) in [7, 11) is -3.27. The second-order valence-corrected chi connectivity index (χ2v) is 9.52. The maximum atomic E-state index is 6.25. The molecule has 0 atom stereocenters. The Hall–Kier alpha value is -0.890. The van der Waals surface area contributed by atoms with Crippen molar-refractivity contribution >= 4 is 12.6 Å². The average molecular weight is 266 g/mol. The van der Waals surface area contributed by atoms with Crippen molar-refractivity contribution in [1.29, 1.82) is 0 Å². The number of allylic oxidation sites excluding steroid dienone is 2. The van der Waals surface area contributed by atoms with Gasteiger partial charge >= 0.3 is 107 Å². The Morgan fingerprint density at radius 1 is 1.06 bits per heavy atom. The van der Waals surface area contributed by atoms with Gasteiger partial charge in [0.25, 0.3) is 0 Å². The van der Waals surface area contributed by atoms with Gasteiger partial charge in [-0.2, -0.15) is 0 Å². The van der Waals surface area contributed by atoms with Crippen LogP contribution in [0.1, 0.15) is 20.8 Å². The van der Waals surface area contributed by atoms with Crippen LogP contribution in [-0.4, -0.2) is 18.4 Å². The number of hydrogen-bond acceptors (Lipinski definition) is 3. The minimum atomic E-state index is -3.27. The van der Waals surface area contributed by atoms with E-state index < -0.39 is 7.28 Å². The molecule has 3 rings (SSSR count). The molecule has 1 fully saturated rings. The molecule has 0 amide bonds. The maximum absolute atomic E-state index is 6.25. The van der Waals surface area contributed by atoms with E-state index in [1.165, 1.54) is 0 Å². The molecule has 1 spiro atoms. The third-order valence-electron chi connectivity index (χ3n) is 3.80. The van der Waals surface area contributed by atoms with E-state index in [0.29, 0.717) is 13.2 Å². The first kappa shape index (κ1) is 12.2. The zero-order chi connectivity index (χ0) is 12.9. The Kier molecular flexibility index (Phi) is 2.41. The molecular formula is C14H19O3P. The molecule has 2 heterocycles. The van der Waals surface area contributed by atoms with Gasteiger partial charge in [0.05, 0.1) is 0 Å². The summed E-state index contributed by atoms with van der Waals surface area (Å²) in [5.41, 5.74) is 0. The number of rotatable bonds is 1. The molecule has 18 heavy (non-hydrogen) atoms. The molecule has 0 aromatic heterocycles. The van der Waals surface area contributed by atoms with Gasteiger partial charge in [-0.3, -0.25) is 0 Å². The topological polar surface area (TPSA) is 27.7 Å². The third-order valence-corrected chi connectivity index (χ3v) is 9.03. The molecule has 1 aromatic rings. The Bertz CT molecular complexity index is 501. The molecule has 4 heteroatoms.